The highest BCUT2D eigenvalue weighted by atomic mass is 32.2. The maximum Gasteiger partial charge on any atom is 0.0258 e. The van der Waals surface area contributed by atoms with E-state index in [0.29, 0.717) is 12.1 Å². The summed E-state index contributed by atoms with van der Waals surface area (Å²) >= 11 is 7.48. The Morgan fingerprint density at radius 3 is 0.932 bits per heavy atom. The van der Waals surface area contributed by atoms with Gasteiger partial charge in [-0.05, 0) is 84.4 Å². The van der Waals surface area contributed by atoms with E-state index in [1.54, 1.807) is 0 Å². The minimum atomic E-state index is 0.469. The summed E-state index contributed by atoms with van der Waals surface area (Å²) in [5.41, 5.74) is 5.77. The highest BCUT2D eigenvalue weighted by molar-refractivity contribution is 7.99. The van der Waals surface area contributed by atoms with Crippen LogP contribution in [0.25, 0.3) is 0 Å². The molecular formula is C38H46N2S4. The molecule has 44 heavy (non-hydrogen) atoms. The summed E-state index contributed by atoms with van der Waals surface area (Å²) in [6, 6.07) is 37.1. The van der Waals surface area contributed by atoms with Gasteiger partial charge < -0.3 is 0 Å². The molecule has 0 bridgehead atoms. The van der Waals surface area contributed by atoms with Gasteiger partial charge in [0, 0.05) is 57.8 Å². The molecule has 6 heteroatoms. The third kappa shape index (κ3) is 8.51. The average molecular weight is 659 g/mol. The van der Waals surface area contributed by atoms with E-state index in [1.165, 1.54) is 67.5 Å². The molecule has 2 nitrogen and oxygen atoms in total. The van der Waals surface area contributed by atoms with Crippen molar-refractivity contribution in [3.05, 3.63) is 119 Å². The first-order valence-electron chi connectivity index (χ1n) is 15.6. The second-order valence-corrected chi connectivity index (χ2v) is 14.9. The van der Waals surface area contributed by atoms with E-state index in [-0.39, 0.29) is 0 Å². The van der Waals surface area contributed by atoms with Crippen LogP contribution < -0.4 is 0 Å². The first-order chi connectivity index (χ1) is 21.6. The number of rotatable bonds is 14. The van der Waals surface area contributed by atoms with E-state index >= 15 is 0 Å². The lowest BCUT2D eigenvalue weighted by molar-refractivity contribution is 0.0282. The number of thioether (sulfide) groups is 4. The molecule has 1 aliphatic rings. The zero-order valence-electron chi connectivity index (χ0n) is 26.6. The molecule has 0 unspecified atom stereocenters. The van der Waals surface area contributed by atoms with Crippen molar-refractivity contribution in [3.8, 4) is 0 Å². The maximum absolute atomic E-state index is 2.84. The Kier molecular flexibility index (Phi) is 13.1. The van der Waals surface area contributed by atoms with Crippen molar-refractivity contribution in [3.63, 3.8) is 0 Å². The summed E-state index contributed by atoms with van der Waals surface area (Å²) in [7, 11) is 0. The van der Waals surface area contributed by atoms with Crippen molar-refractivity contribution < 1.29 is 0 Å². The highest BCUT2D eigenvalue weighted by Gasteiger charge is 2.35. The van der Waals surface area contributed by atoms with E-state index in [1.807, 2.05) is 47.0 Å². The summed E-state index contributed by atoms with van der Waals surface area (Å²) in [4.78, 5) is 11.2. The van der Waals surface area contributed by atoms with Crippen LogP contribution in [0.2, 0.25) is 0 Å². The van der Waals surface area contributed by atoms with Gasteiger partial charge in [0.15, 0.2) is 0 Å². The molecule has 0 aliphatic heterocycles. The van der Waals surface area contributed by atoms with Crippen LogP contribution in [-0.2, 0) is 26.2 Å². The quantitative estimate of drug-likeness (QED) is 0.124. The van der Waals surface area contributed by atoms with Crippen LogP contribution in [0.4, 0.5) is 0 Å². The number of benzene rings is 4. The first kappa shape index (κ1) is 33.6. The van der Waals surface area contributed by atoms with Crippen molar-refractivity contribution in [1.29, 1.82) is 0 Å². The molecule has 0 N–H and O–H groups in total. The molecule has 0 saturated heterocycles. The lowest BCUT2D eigenvalue weighted by atomic mass is 9.86. The van der Waals surface area contributed by atoms with E-state index < -0.39 is 0 Å². The Morgan fingerprint density at radius 2 is 0.682 bits per heavy atom. The number of hydrogen-bond donors (Lipinski definition) is 0. The summed E-state index contributed by atoms with van der Waals surface area (Å²) in [6.07, 6.45) is 13.9. The van der Waals surface area contributed by atoms with Gasteiger partial charge in [-0.2, -0.15) is 0 Å². The normalized spacial score (nSPS) is 17.0. The van der Waals surface area contributed by atoms with E-state index in [0.717, 1.165) is 26.2 Å². The van der Waals surface area contributed by atoms with Gasteiger partial charge in [-0.3, -0.25) is 9.80 Å². The van der Waals surface area contributed by atoms with Gasteiger partial charge in [-0.1, -0.05) is 85.6 Å². The molecule has 4 aromatic rings. The molecule has 0 spiro atoms. The topological polar surface area (TPSA) is 6.48 Å². The molecule has 0 amide bonds. The molecule has 4 aromatic carbocycles. The summed E-state index contributed by atoms with van der Waals surface area (Å²) < 4.78 is 0. The molecule has 0 radical (unpaired) electrons. The molecule has 1 aliphatic carbocycles. The van der Waals surface area contributed by atoms with Gasteiger partial charge in [0.1, 0.15) is 0 Å². The third-order valence-corrected chi connectivity index (χ3v) is 12.2. The van der Waals surface area contributed by atoms with E-state index in [4.69, 9.17) is 0 Å². The third-order valence-electron chi connectivity index (χ3n) is 8.90. The van der Waals surface area contributed by atoms with Crippen molar-refractivity contribution in [1.82, 2.24) is 9.80 Å². The Bertz CT molecular complexity index is 1260. The van der Waals surface area contributed by atoms with Crippen LogP contribution >= 0.6 is 47.0 Å². The lowest BCUT2D eigenvalue weighted by Gasteiger charge is -2.46. The first-order valence-corrected chi connectivity index (χ1v) is 20.5. The molecular weight excluding hydrogens is 613 g/mol. The molecule has 1 fully saturated rings. The zero-order chi connectivity index (χ0) is 30.7. The standard InChI is InChI=1S/C38H46N2S4/c1-41-35-21-11-5-15-29(35)25-39(26-30-16-6-12-22-36(30)42-2)33-19-9-10-20-34(33)40(27-31-17-7-13-23-37(31)43-3)28-32-18-8-14-24-38(32)44-4/h5-8,11-18,21-24,33-34H,9-10,19-20,25-28H2,1-4H3/t33-,34-/m1/s1. The molecule has 2 atom stereocenters. The predicted octanol–water partition coefficient (Wildman–Crippen LogP) is 10.6. The maximum atomic E-state index is 2.84. The van der Waals surface area contributed by atoms with Gasteiger partial charge in [0.25, 0.3) is 0 Å². The largest absolute Gasteiger partial charge is 0.290 e. The highest BCUT2D eigenvalue weighted by Crippen LogP contribution is 2.35. The van der Waals surface area contributed by atoms with Crippen LogP contribution in [0.3, 0.4) is 0 Å². The fraction of sp³-hybridized carbons (Fsp3) is 0.368. The average Bonchev–Trinajstić information content (AvgIpc) is 3.08. The Labute approximate surface area is 283 Å². The summed E-state index contributed by atoms with van der Waals surface area (Å²) in [6.45, 7) is 3.88. The minimum Gasteiger partial charge on any atom is -0.290 e. The fourth-order valence-electron chi connectivity index (χ4n) is 6.73. The molecule has 1 saturated carbocycles. The SMILES string of the molecule is CSc1ccccc1CN(Cc1ccccc1SC)[C@@H]1CCCC[C@H]1N(Cc1ccccc1SC)Cc1ccccc1SC. The smallest absolute Gasteiger partial charge is 0.0258 e. The summed E-state index contributed by atoms with van der Waals surface area (Å²) in [5.74, 6) is 0. The molecule has 0 aromatic heterocycles. The van der Waals surface area contributed by atoms with Crippen molar-refractivity contribution >= 4 is 47.0 Å². The molecule has 5 rings (SSSR count). The monoisotopic (exact) mass is 658 g/mol. The Balaban J connectivity index is 1.56. The summed E-state index contributed by atoms with van der Waals surface area (Å²) in [5, 5.41) is 0. The van der Waals surface area contributed by atoms with E-state index in [9.17, 15) is 0 Å². The van der Waals surface area contributed by atoms with Gasteiger partial charge >= 0.3 is 0 Å². The fourth-order valence-corrected chi connectivity index (χ4v) is 9.17. The lowest BCUT2D eigenvalue weighted by Crippen LogP contribution is -2.52. The van der Waals surface area contributed by atoms with Gasteiger partial charge in [0.2, 0.25) is 0 Å². The zero-order valence-corrected chi connectivity index (χ0v) is 29.8. The minimum absolute atomic E-state index is 0.469. The second kappa shape index (κ2) is 17.2. The van der Waals surface area contributed by atoms with Crippen LogP contribution in [0.1, 0.15) is 47.9 Å². The Morgan fingerprint density at radius 1 is 0.432 bits per heavy atom. The van der Waals surface area contributed by atoms with Crippen LogP contribution in [0, 0.1) is 0 Å². The van der Waals surface area contributed by atoms with Gasteiger partial charge in [-0.15, -0.1) is 47.0 Å². The van der Waals surface area contributed by atoms with Gasteiger partial charge in [-0.25, -0.2) is 0 Å². The van der Waals surface area contributed by atoms with Crippen LogP contribution in [0.5, 0.6) is 0 Å². The van der Waals surface area contributed by atoms with Crippen LogP contribution in [-0.4, -0.2) is 46.9 Å². The van der Waals surface area contributed by atoms with Crippen LogP contribution in [0.15, 0.2) is 117 Å². The molecule has 0 heterocycles. The second-order valence-electron chi connectivity index (χ2n) is 11.5. The number of nitrogens with zero attached hydrogens (tertiary/aromatic N) is 2. The van der Waals surface area contributed by atoms with Crippen molar-refractivity contribution in [2.45, 2.75) is 83.5 Å². The number of hydrogen-bond acceptors (Lipinski definition) is 6. The predicted molar refractivity (Wildman–Crippen MR) is 197 cm³/mol. The molecule has 232 valence electrons. The van der Waals surface area contributed by atoms with Crippen molar-refractivity contribution in [2.24, 2.45) is 0 Å². The van der Waals surface area contributed by atoms with E-state index in [2.05, 4.69) is 132 Å². The Hall–Kier alpha value is -1.80. The van der Waals surface area contributed by atoms with Crippen molar-refractivity contribution in [2.75, 3.05) is 25.0 Å². The van der Waals surface area contributed by atoms with Gasteiger partial charge in [0.05, 0.1) is 0 Å².